The third-order valence-corrected chi connectivity index (χ3v) is 7.54. The number of aliphatic hydroxyl groups excluding tert-OH is 1. The first-order valence-electron chi connectivity index (χ1n) is 12.2. The Balaban J connectivity index is 1.45. The molecule has 0 unspecified atom stereocenters. The van der Waals surface area contributed by atoms with Crippen LogP contribution in [0.3, 0.4) is 0 Å². The summed E-state index contributed by atoms with van der Waals surface area (Å²) in [5.74, 6) is -4.51. The Bertz CT molecular complexity index is 1310. The summed E-state index contributed by atoms with van der Waals surface area (Å²) in [4.78, 5) is 17.3. The van der Waals surface area contributed by atoms with Gasteiger partial charge in [-0.25, -0.2) is 9.56 Å². The van der Waals surface area contributed by atoms with Gasteiger partial charge >= 0.3 is 19.6 Å². The highest BCUT2D eigenvalue weighted by atomic mass is 31.2. The highest BCUT2D eigenvalue weighted by molar-refractivity contribution is 7.52. The molecule has 14 heteroatoms. The normalized spacial score (nSPS) is 24.2. The van der Waals surface area contributed by atoms with Gasteiger partial charge in [0.05, 0.1) is 6.61 Å². The van der Waals surface area contributed by atoms with Crippen LogP contribution in [0.25, 0.3) is 0 Å². The minimum atomic E-state index is -4.41. The number of hydrogen-bond acceptors (Lipinski definition) is 10. The number of benzene rings is 2. The van der Waals surface area contributed by atoms with Crippen molar-refractivity contribution in [1.29, 1.82) is 0 Å². The topological polar surface area (TPSA) is 145 Å². The van der Waals surface area contributed by atoms with E-state index < -0.39 is 50.7 Å². The molecule has 0 aliphatic carbocycles. The van der Waals surface area contributed by atoms with Crippen molar-refractivity contribution in [1.82, 2.24) is 9.99 Å². The summed E-state index contributed by atoms with van der Waals surface area (Å²) in [6.45, 7) is 4.15. The maximum atomic E-state index is 15.0. The minimum Gasteiger partial charge on any atom is -0.460 e. The number of hydrogen-bond donors (Lipinski definition) is 3. The Kier molecular flexibility index (Phi) is 9.02. The average Bonchev–Trinajstić information content (AvgIpc) is 3.15. The Morgan fingerprint density at radius 1 is 1.25 bits per heavy atom. The number of alkyl halides is 2. The lowest BCUT2D eigenvalue weighted by atomic mass is 10.1. The van der Waals surface area contributed by atoms with Crippen molar-refractivity contribution in [2.45, 2.75) is 43.9 Å². The summed E-state index contributed by atoms with van der Waals surface area (Å²) < 4.78 is 65.4. The van der Waals surface area contributed by atoms with Crippen molar-refractivity contribution in [3.63, 3.8) is 0 Å². The van der Waals surface area contributed by atoms with Crippen LogP contribution in [0.1, 0.15) is 12.5 Å². The molecule has 0 radical (unpaired) electrons. The number of amidine groups is 1. The van der Waals surface area contributed by atoms with E-state index in [-0.39, 0.29) is 24.0 Å². The highest BCUT2D eigenvalue weighted by Gasteiger charge is 2.61. The van der Waals surface area contributed by atoms with Crippen LogP contribution < -0.4 is 15.3 Å². The third-order valence-electron chi connectivity index (χ3n) is 5.90. The molecule has 2 aromatic carbocycles. The van der Waals surface area contributed by atoms with Gasteiger partial charge in [-0.15, -0.1) is 0 Å². The van der Waals surface area contributed by atoms with E-state index in [1.807, 2.05) is 6.07 Å². The number of esters is 1. The van der Waals surface area contributed by atoms with Gasteiger partial charge in [0, 0.05) is 6.20 Å². The first-order chi connectivity index (χ1) is 19.0. The lowest BCUT2D eigenvalue weighted by Gasteiger charge is -2.31. The van der Waals surface area contributed by atoms with E-state index in [1.165, 1.54) is 31.3 Å². The molecule has 0 saturated carbocycles. The molecule has 0 bridgehead atoms. The maximum absolute atomic E-state index is 15.0. The average molecular weight is 579 g/mol. The fourth-order valence-electron chi connectivity index (χ4n) is 3.83. The monoisotopic (exact) mass is 578 g/mol. The summed E-state index contributed by atoms with van der Waals surface area (Å²) >= 11 is 0. The Morgan fingerprint density at radius 3 is 2.55 bits per heavy atom. The number of aliphatic imine (C=N–C) groups is 1. The highest BCUT2D eigenvalue weighted by Crippen LogP contribution is 2.47. The number of carbonyl (C=O) groups is 1. The number of nitrogens with one attached hydrogen (secondary N) is 1. The van der Waals surface area contributed by atoms with Crippen molar-refractivity contribution in [2.24, 2.45) is 10.7 Å². The van der Waals surface area contributed by atoms with Crippen LogP contribution in [0.5, 0.6) is 5.75 Å². The van der Waals surface area contributed by atoms with Crippen molar-refractivity contribution >= 4 is 19.6 Å². The second-order valence-corrected chi connectivity index (χ2v) is 10.7. The molecule has 2 aliphatic heterocycles. The zero-order valence-corrected chi connectivity index (χ0v) is 22.3. The van der Waals surface area contributed by atoms with Crippen LogP contribution in [-0.4, -0.2) is 58.8 Å². The lowest BCUT2D eigenvalue weighted by Crippen LogP contribution is -2.47. The molecule has 0 amide bonds. The number of para-hydroxylation sites is 1. The largest absolute Gasteiger partial charge is 0.460 e. The standard InChI is InChI=1S/C26H29F2N4O7P/c1-17(24(34)36-15-19-9-5-3-6-10-19)31-40(35,39-20-11-7-4-8-12-20)37-16-21-23(33)26(27,28)25(38-21)32-14-13-22(29)30-18(32)2/h3-14,17,21,23,25,33H,2,15-16H2,1H3,(H2,29,30)(H,31,35)/t17-,21+,23-,25+,40-/m0/s1. The van der Waals surface area contributed by atoms with Gasteiger partial charge in [-0.2, -0.15) is 13.9 Å². The number of nitrogens with two attached hydrogens (primary N) is 1. The van der Waals surface area contributed by atoms with Crippen LogP contribution in [0.2, 0.25) is 0 Å². The van der Waals surface area contributed by atoms with Crippen LogP contribution >= 0.6 is 7.75 Å². The predicted molar refractivity (Wildman–Crippen MR) is 141 cm³/mol. The third kappa shape index (κ3) is 6.93. The van der Waals surface area contributed by atoms with Gasteiger partial charge in [0.2, 0.25) is 6.23 Å². The molecular formula is C26H29F2N4O7P. The number of carbonyl (C=O) groups excluding carboxylic acids is 1. The molecule has 4 rings (SSSR count). The Hall–Kier alpha value is -3.61. The molecule has 2 heterocycles. The number of rotatable bonds is 11. The minimum absolute atomic E-state index is 0.0269. The second kappa shape index (κ2) is 12.3. The van der Waals surface area contributed by atoms with Gasteiger partial charge in [0.1, 0.15) is 36.2 Å². The molecule has 5 atom stereocenters. The number of halogens is 2. The fraction of sp³-hybridized carbons (Fsp3) is 0.308. The smallest absolute Gasteiger partial charge is 0.459 e. The quantitative estimate of drug-likeness (QED) is 0.268. The molecule has 214 valence electrons. The van der Waals surface area contributed by atoms with Crippen LogP contribution in [0.15, 0.2) is 90.3 Å². The van der Waals surface area contributed by atoms with Crippen molar-refractivity contribution < 1.29 is 41.8 Å². The molecule has 4 N–H and O–H groups in total. The SMILES string of the molecule is C=C1N=C(N)C=CN1[C@@H]1O[C@H](CO[P@@](=O)(N[C@@H](C)C(=O)OCc2ccccc2)Oc2ccccc2)[C@H](O)C1(F)F. The summed E-state index contributed by atoms with van der Waals surface area (Å²) in [6, 6.07) is 15.6. The predicted octanol–water partition coefficient (Wildman–Crippen LogP) is 3.29. The summed E-state index contributed by atoms with van der Waals surface area (Å²) in [6.07, 6.45) is -3.51. The fourth-order valence-corrected chi connectivity index (χ4v) is 5.33. The van der Waals surface area contributed by atoms with Gasteiger partial charge in [0.15, 0.2) is 6.10 Å². The van der Waals surface area contributed by atoms with E-state index in [0.717, 1.165) is 10.5 Å². The lowest BCUT2D eigenvalue weighted by molar-refractivity contribution is -0.148. The van der Waals surface area contributed by atoms with Gasteiger partial charge in [-0.1, -0.05) is 55.1 Å². The summed E-state index contributed by atoms with van der Waals surface area (Å²) in [5.41, 5.74) is 6.31. The van der Waals surface area contributed by atoms with Gasteiger partial charge in [-0.05, 0) is 30.7 Å². The van der Waals surface area contributed by atoms with Crippen molar-refractivity contribution in [2.75, 3.05) is 6.61 Å². The molecule has 0 aromatic heterocycles. The Labute approximate surface area is 229 Å². The van der Waals surface area contributed by atoms with E-state index in [9.17, 15) is 14.5 Å². The number of aliphatic hydroxyl groups is 1. The zero-order chi connectivity index (χ0) is 28.9. The maximum Gasteiger partial charge on any atom is 0.459 e. The van der Waals surface area contributed by atoms with Crippen molar-refractivity contribution in [3.05, 3.63) is 90.9 Å². The van der Waals surface area contributed by atoms with Gasteiger partial charge in [0.25, 0.3) is 0 Å². The second-order valence-electron chi connectivity index (χ2n) is 8.96. The van der Waals surface area contributed by atoms with E-state index in [1.54, 1.807) is 42.5 Å². The molecular weight excluding hydrogens is 549 g/mol. The van der Waals surface area contributed by atoms with E-state index in [0.29, 0.717) is 0 Å². The molecule has 11 nitrogen and oxygen atoms in total. The van der Waals surface area contributed by atoms with E-state index in [4.69, 9.17) is 24.3 Å². The van der Waals surface area contributed by atoms with Crippen LogP contribution in [0, 0.1) is 0 Å². The number of ether oxygens (including phenoxy) is 2. The molecule has 0 spiro atoms. The zero-order valence-electron chi connectivity index (χ0n) is 21.4. The first kappa shape index (κ1) is 29.4. The summed E-state index contributed by atoms with van der Waals surface area (Å²) in [7, 11) is -4.41. The molecule has 1 saturated heterocycles. The van der Waals surface area contributed by atoms with E-state index in [2.05, 4.69) is 16.7 Å². The molecule has 2 aromatic rings. The summed E-state index contributed by atoms with van der Waals surface area (Å²) in [5, 5.41) is 12.8. The molecule has 1 fully saturated rings. The van der Waals surface area contributed by atoms with Gasteiger partial charge < -0.3 is 29.7 Å². The van der Waals surface area contributed by atoms with Gasteiger partial charge in [-0.3, -0.25) is 9.32 Å². The van der Waals surface area contributed by atoms with E-state index >= 15 is 8.78 Å². The molecule has 40 heavy (non-hydrogen) atoms. The van der Waals surface area contributed by atoms with Crippen LogP contribution in [-0.2, 0) is 30.0 Å². The van der Waals surface area contributed by atoms with Crippen molar-refractivity contribution in [3.8, 4) is 5.75 Å². The first-order valence-corrected chi connectivity index (χ1v) is 13.7. The number of nitrogens with zero attached hydrogens (tertiary/aromatic N) is 2. The Morgan fingerprint density at radius 2 is 1.90 bits per heavy atom. The molecule has 2 aliphatic rings. The van der Waals surface area contributed by atoms with Crippen LogP contribution in [0.4, 0.5) is 8.78 Å².